The number of alkyl halides is 4. The highest BCUT2D eigenvalue weighted by Gasteiger charge is 2.58. The normalized spacial score (nSPS) is 30.0. The Kier molecular flexibility index (Phi) is 4.53. The summed E-state index contributed by atoms with van der Waals surface area (Å²) in [6.45, 7) is -0.117. The fourth-order valence-corrected chi connectivity index (χ4v) is 4.78. The van der Waals surface area contributed by atoms with E-state index in [1.54, 1.807) is 0 Å². The van der Waals surface area contributed by atoms with E-state index in [1.165, 1.54) is 18.5 Å². The fourth-order valence-electron chi connectivity index (χ4n) is 4.78. The van der Waals surface area contributed by atoms with Gasteiger partial charge >= 0.3 is 12.3 Å². The van der Waals surface area contributed by atoms with Crippen molar-refractivity contribution in [1.82, 2.24) is 30.1 Å². The molecule has 3 N–H and O–H groups in total. The van der Waals surface area contributed by atoms with Crippen LogP contribution in [0.1, 0.15) is 36.8 Å². The number of halogens is 4. The van der Waals surface area contributed by atoms with Gasteiger partial charge < -0.3 is 20.1 Å². The van der Waals surface area contributed by atoms with Gasteiger partial charge in [-0.15, -0.1) is 0 Å². The number of anilines is 2. The lowest BCUT2D eigenvalue weighted by atomic mass is 9.50. The van der Waals surface area contributed by atoms with Crippen LogP contribution in [-0.4, -0.2) is 55.3 Å². The summed E-state index contributed by atoms with van der Waals surface area (Å²) < 4.78 is 65.7. The number of aromatic nitrogens is 5. The lowest BCUT2D eigenvalue weighted by Gasteiger charge is -2.61. The monoisotopic (exact) mass is 481 g/mol. The first-order valence-electron chi connectivity index (χ1n) is 10.7. The molecule has 4 heterocycles. The molecule has 3 aromatic rings. The van der Waals surface area contributed by atoms with Crippen LogP contribution >= 0.6 is 0 Å². The molecule has 1 saturated heterocycles. The lowest BCUT2D eigenvalue weighted by Crippen LogP contribution is -2.68. The van der Waals surface area contributed by atoms with E-state index in [4.69, 9.17) is 9.47 Å². The molecule has 0 aromatic carbocycles. The average molecular weight is 481 g/mol. The Labute approximate surface area is 189 Å². The Morgan fingerprint density at radius 2 is 2.09 bits per heavy atom. The highest BCUT2D eigenvalue weighted by atomic mass is 19.4. The van der Waals surface area contributed by atoms with Crippen molar-refractivity contribution >= 4 is 23.2 Å². The van der Waals surface area contributed by atoms with E-state index in [1.807, 2.05) is 0 Å². The van der Waals surface area contributed by atoms with Crippen LogP contribution < -0.4 is 10.6 Å². The number of aromatic amines is 1. The van der Waals surface area contributed by atoms with E-state index in [2.05, 4.69) is 30.9 Å². The molecule has 1 amide bonds. The van der Waals surface area contributed by atoms with Crippen LogP contribution in [0.25, 0.3) is 5.52 Å². The third-order valence-electron chi connectivity index (χ3n) is 6.58. The largest absolute Gasteiger partial charge is 0.441 e. The molecule has 2 bridgehead atoms. The summed E-state index contributed by atoms with van der Waals surface area (Å²) in [6.07, 6.45) is -3.61. The molecule has 0 radical (unpaired) electrons. The molecular formula is C20H19F4N7O3. The SMILES string of the molecule is O=C(NC12CC(C1)C2)O[C@H]1CO[C@@H](c2cc(Nc3nccn4nc(C(F)(F)F)cc34)n[nH]2)[C@@H]1F. The zero-order valence-electron chi connectivity index (χ0n) is 17.5. The van der Waals surface area contributed by atoms with Crippen LogP contribution in [0.5, 0.6) is 0 Å². The van der Waals surface area contributed by atoms with Gasteiger partial charge in [0.25, 0.3) is 0 Å². The summed E-state index contributed by atoms with van der Waals surface area (Å²) in [6, 6.07) is 2.31. The summed E-state index contributed by atoms with van der Waals surface area (Å²) in [7, 11) is 0. The second kappa shape index (κ2) is 7.29. The maximum Gasteiger partial charge on any atom is 0.435 e. The minimum atomic E-state index is -4.61. The van der Waals surface area contributed by atoms with Gasteiger partial charge in [-0.05, 0) is 25.2 Å². The minimum absolute atomic E-state index is 0.0826. The van der Waals surface area contributed by atoms with E-state index in [0.29, 0.717) is 5.92 Å². The predicted molar refractivity (Wildman–Crippen MR) is 107 cm³/mol. The quantitative estimate of drug-likeness (QED) is 0.479. The summed E-state index contributed by atoms with van der Waals surface area (Å²) >= 11 is 0. The third-order valence-corrected chi connectivity index (χ3v) is 6.58. The van der Waals surface area contributed by atoms with Crippen molar-refractivity contribution in [3.8, 4) is 0 Å². The van der Waals surface area contributed by atoms with Gasteiger partial charge in [0.1, 0.15) is 11.6 Å². The number of H-pyrrole nitrogens is 1. The summed E-state index contributed by atoms with van der Waals surface area (Å²) in [5, 5.41) is 15.8. The van der Waals surface area contributed by atoms with Gasteiger partial charge in [-0.2, -0.15) is 23.4 Å². The number of ether oxygens (including phenoxy) is 2. The standard InChI is InChI=1S/C20H19F4N7O3/c21-15-12(34-18(32)27-19-5-9(6-19)7-19)8-33-16(15)10-3-14(29-28-10)26-17-11-4-13(20(22,23)24)30-31(11)2-1-25-17/h1-4,9,12,15-16H,5-8H2,(H,27,32)(H2,25,26,28,29)/t9?,12-,15+,16-,19?/m0/s1. The van der Waals surface area contributed by atoms with E-state index < -0.39 is 36.3 Å². The first-order valence-corrected chi connectivity index (χ1v) is 10.7. The topological polar surface area (TPSA) is 118 Å². The van der Waals surface area contributed by atoms with Crippen molar-refractivity contribution in [2.24, 2.45) is 5.92 Å². The molecule has 4 aliphatic rings. The van der Waals surface area contributed by atoms with Gasteiger partial charge in [-0.1, -0.05) is 0 Å². The Balaban J connectivity index is 1.12. The number of hydrogen-bond donors (Lipinski definition) is 3. The van der Waals surface area contributed by atoms with Crippen LogP contribution in [0.4, 0.5) is 34.0 Å². The molecule has 10 nitrogen and oxygen atoms in total. The van der Waals surface area contributed by atoms with Crippen molar-refractivity contribution in [1.29, 1.82) is 0 Å². The molecule has 3 saturated carbocycles. The average Bonchev–Trinajstić information content (AvgIpc) is 3.43. The maximum atomic E-state index is 15.0. The van der Waals surface area contributed by atoms with Gasteiger partial charge in [-0.3, -0.25) is 5.10 Å². The molecule has 0 unspecified atom stereocenters. The van der Waals surface area contributed by atoms with Gasteiger partial charge in [0, 0.05) is 30.1 Å². The molecule has 3 atom stereocenters. The molecule has 34 heavy (non-hydrogen) atoms. The Morgan fingerprint density at radius 1 is 1.29 bits per heavy atom. The molecule has 3 aliphatic carbocycles. The summed E-state index contributed by atoms with van der Waals surface area (Å²) in [5.74, 6) is 0.950. The van der Waals surface area contributed by atoms with E-state index in [-0.39, 0.29) is 35.0 Å². The zero-order valence-corrected chi connectivity index (χ0v) is 17.5. The first kappa shape index (κ1) is 21.1. The number of nitrogens with one attached hydrogen (secondary N) is 3. The summed E-state index contributed by atoms with van der Waals surface area (Å²) in [5.41, 5.74) is -0.876. The number of hydrogen-bond acceptors (Lipinski definition) is 7. The van der Waals surface area contributed by atoms with E-state index >= 15 is 0 Å². The molecule has 180 valence electrons. The van der Waals surface area contributed by atoms with Crippen molar-refractivity contribution in [3.63, 3.8) is 0 Å². The Bertz CT molecular complexity index is 1240. The number of fused-ring (bicyclic) bond motifs is 1. The fraction of sp³-hybridized carbons (Fsp3) is 0.500. The number of rotatable bonds is 5. The van der Waals surface area contributed by atoms with Gasteiger partial charge in [0.2, 0.25) is 0 Å². The van der Waals surface area contributed by atoms with Crippen LogP contribution in [0.3, 0.4) is 0 Å². The number of amides is 1. The zero-order chi connectivity index (χ0) is 23.7. The summed E-state index contributed by atoms with van der Waals surface area (Å²) in [4.78, 5) is 16.2. The second-order valence-corrected chi connectivity index (χ2v) is 8.99. The molecule has 0 spiro atoms. The predicted octanol–water partition coefficient (Wildman–Crippen LogP) is 3.27. The molecule has 1 aliphatic heterocycles. The maximum absolute atomic E-state index is 15.0. The highest BCUT2D eigenvalue weighted by molar-refractivity contribution is 5.72. The van der Waals surface area contributed by atoms with Crippen LogP contribution in [0, 0.1) is 5.92 Å². The van der Waals surface area contributed by atoms with Crippen LogP contribution in [0.2, 0.25) is 0 Å². The van der Waals surface area contributed by atoms with Crippen molar-refractivity contribution in [2.45, 2.75) is 49.4 Å². The van der Waals surface area contributed by atoms with Crippen molar-refractivity contribution in [3.05, 3.63) is 35.9 Å². The van der Waals surface area contributed by atoms with Crippen molar-refractivity contribution < 1.29 is 31.8 Å². The minimum Gasteiger partial charge on any atom is -0.441 e. The number of carbonyl (C=O) groups is 1. The van der Waals surface area contributed by atoms with Crippen LogP contribution in [-0.2, 0) is 15.7 Å². The number of alkyl carbamates (subject to hydrolysis) is 1. The smallest absolute Gasteiger partial charge is 0.435 e. The van der Waals surface area contributed by atoms with E-state index in [0.717, 1.165) is 29.8 Å². The van der Waals surface area contributed by atoms with Gasteiger partial charge in [0.05, 0.1) is 12.3 Å². The molecule has 4 fully saturated rings. The highest BCUT2D eigenvalue weighted by Crippen LogP contribution is 2.57. The molecule has 7 rings (SSSR count). The Morgan fingerprint density at radius 3 is 2.79 bits per heavy atom. The number of carbonyl (C=O) groups excluding carboxylic acids is 1. The van der Waals surface area contributed by atoms with Crippen molar-refractivity contribution in [2.75, 3.05) is 11.9 Å². The second-order valence-electron chi connectivity index (χ2n) is 8.99. The first-order chi connectivity index (χ1) is 16.2. The lowest BCUT2D eigenvalue weighted by molar-refractivity contribution is -0.141. The van der Waals surface area contributed by atoms with Crippen LogP contribution in [0.15, 0.2) is 24.5 Å². The Hall–Kier alpha value is -3.42. The van der Waals surface area contributed by atoms with E-state index in [9.17, 15) is 22.4 Å². The molecular weight excluding hydrogens is 462 g/mol. The number of nitrogens with zero attached hydrogens (tertiary/aromatic N) is 4. The van der Waals surface area contributed by atoms with Gasteiger partial charge in [-0.25, -0.2) is 18.7 Å². The molecule has 14 heteroatoms. The molecule has 3 aromatic heterocycles. The third kappa shape index (κ3) is 3.52. The van der Waals surface area contributed by atoms with Gasteiger partial charge in [0.15, 0.2) is 29.6 Å².